The van der Waals surface area contributed by atoms with E-state index < -0.39 is 20.5 Å². The summed E-state index contributed by atoms with van der Waals surface area (Å²) in [4.78, 5) is -0.424. The molecular weight excluding hydrogens is 271 g/mol. The topological polar surface area (TPSA) is 52.6 Å². The summed E-state index contributed by atoms with van der Waals surface area (Å²) in [6.07, 6.45) is 0.921. The number of hydrogen-bond donors (Lipinski definition) is 0. The average molecular weight is 283 g/mol. The SMILES string of the molecule is COc1cc(S(C)(=O)=O)c(F)cc1OCCCl. The maximum absolute atomic E-state index is 13.5. The molecule has 17 heavy (non-hydrogen) atoms. The van der Waals surface area contributed by atoms with Gasteiger partial charge in [0.25, 0.3) is 0 Å². The molecule has 0 fully saturated rings. The van der Waals surface area contributed by atoms with Crippen LogP contribution < -0.4 is 9.47 Å². The summed E-state index contributed by atoms with van der Waals surface area (Å²) in [6, 6.07) is 2.07. The smallest absolute Gasteiger partial charge is 0.178 e. The zero-order chi connectivity index (χ0) is 13.1. The number of sulfone groups is 1. The van der Waals surface area contributed by atoms with E-state index in [0.717, 1.165) is 18.4 Å². The van der Waals surface area contributed by atoms with Crippen LogP contribution in [0.1, 0.15) is 0 Å². The van der Waals surface area contributed by atoms with Crippen molar-refractivity contribution in [2.24, 2.45) is 0 Å². The highest BCUT2D eigenvalue weighted by molar-refractivity contribution is 7.90. The summed E-state index contributed by atoms with van der Waals surface area (Å²) in [7, 11) is -2.30. The van der Waals surface area contributed by atoms with E-state index in [-0.39, 0.29) is 24.0 Å². The van der Waals surface area contributed by atoms with Crippen LogP contribution in [-0.2, 0) is 9.84 Å². The molecule has 0 unspecified atom stereocenters. The lowest BCUT2D eigenvalue weighted by molar-refractivity contribution is 0.309. The molecule has 1 aromatic rings. The van der Waals surface area contributed by atoms with Crippen LogP contribution in [-0.4, -0.2) is 34.3 Å². The lowest BCUT2D eigenvalue weighted by atomic mass is 10.3. The Morgan fingerprint density at radius 1 is 1.35 bits per heavy atom. The van der Waals surface area contributed by atoms with Crippen LogP contribution in [0.3, 0.4) is 0 Å². The Balaban J connectivity index is 3.25. The van der Waals surface area contributed by atoms with Crippen LogP contribution >= 0.6 is 11.6 Å². The molecule has 7 heteroatoms. The van der Waals surface area contributed by atoms with Gasteiger partial charge in [-0.05, 0) is 0 Å². The molecule has 0 aliphatic carbocycles. The van der Waals surface area contributed by atoms with Crippen LogP contribution in [0, 0.1) is 5.82 Å². The second-order valence-electron chi connectivity index (χ2n) is 3.24. The van der Waals surface area contributed by atoms with Crippen molar-refractivity contribution in [3.05, 3.63) is 17.9 Å². The molecule has 0 radical (unpaired) electrons. The Labute approximate surface area is 104 Å². The zero-order valence-electron chi connectivity index (χ0n) is 9.37. The molecule has 0 spiro atoms. The Morgan fingerprint density at radius 3 is 2.47 bits per heavy atom. The maximum Gasteiger partial charge on any atom is 0.178 e. The van der Waals surface area contributed by atoms with E-state index in [1.54, 1.807) is 0 Å². The highest BCUT2D eigenvalue weighted by Gasteiger charge is 2.18. The fourth-order valence-corrected chi connectivity index (χ4v) is 2.03. The lowest BCUT2D eigenvalue weighted by Gasteiger charge is -2.11. The van der Waals surface area contributed by atoms with Crippen molar-refractivity contribution < 1.29 is 22.3 Å². The summed E-state index contributed by atoms with van der Waals surface area (Å²) in [6.45, 7) is 0.176. The monoisotopic (exact) mass is 282 g/mol. The Bertz CT molecular complexity index is 501. The van der Waals surface area contributed by atoms with Crippen LogP contribution in [0.2, 0.25) is 0 Å². The summed E-state index contributed by atoms with van der Waals surface area (Å²) >= 11 is 5.44. The third kappa shape index (κ3) is 3.47. The van der Waals surface area contributed by atoms with E-state index >= 15 is 0 Å². The molecule has 0 saturated carbocycles. The molecule has 0 aromatic heterocycles. The molecule has 1 aromatic carbocycles. The largest absolute Gasteiger partial charge is 0.493 e. The van der Waals surface area contributed by atoms with Gasteiger partial charge in [0.2, 0.25) is 0 Å². The van der Waals surface area contributed by atoms with Gasteiger partial charge in [-0.3, -0.25) is 0 Å². The number of halogens is 2. The average Bonchev–Trinajstić information content (AvgIpc) is 2.24. The van der Waals surface area contributed by atoms with Gasteiger partial charge in [0.05, 0.1) is 13.0 Å². The zero-order valence-corrected chi connectivity index (χ0v) is 10.9. The first kappa shape index (κ1) is 14.1. The number of rotatable bonds is 5. The molecule has 0 amide bonds. The summed E-state index contributed by atoms with van der Waals surface area (Å²) in [5.41, 5.74) is 0. The van der Waals surface area contributed by atoms with Gasteiger partial charge in [0.15, 0.2) is 21.3 Å². The molecule has 96 valence electrons. The van der Waals surface area contributed by atoms with Crippen LogP contribution in [0.15, 0.2) is 17.0 Å². The predicted octanol–water partition coefficient (Wildman–Crippen LogP) is 1.86. The van der Waals surface area contributed by atoms with Crippen LogP contribution in [0.4, 0.5) is 4.39 Å². The molecule has 0 N–H and O–H groups in total. The second kappa shape index (κ2) is 5.55. The van der Waals surface area contributed by atoms with E-state index in [1.807, 2.05) is 0 Å². The van der Waals surface area contributed by atoms with Crippen molar-refractivity contribution >= 4 is 21.4 Å². The highest BCUT2D eigenvalue weighted by Crippen LogP contribution is 2.32. The lowest BCUT2D eigenvalue weighted by Crippen LogP contribution is -2.05. The van der Waals surface area contributed by atoms with E-state index in [9.17, 15) is 12.8 Å². The van der Waals surface area contributed by atoms with Gasteiger partial charge in [-0.25, -0.2) is 12.8 Å². The fourth-order valence-electron chi connectivity index (χ4n) is 1.22. The normalized spacial score (nSPS) is 11.3. The first-order chi connectivity index (χ1) is 7.90. The van der Waals surface area contributed by atoms with Crippen molar-refractivity contribution in [3.63, 3.8) is 0 Å². The first-order valence-corrected chi connectivity index (χ1v) is 7.09. The fraction of sp³-hybridized carbons (Fsp3) is 0.400. The summed E-state index contributed by atoms with van der Waals surface area (Å²) in [5.74, 6) is -0.369. The summed E-state index contributed by atoms with van der Waals surface area (Å²) < 4.78 is 46.2. The van der Waals surface area contributed by atoms with Gasteiger partial charge in [0.1, 0.15) is 17.3 Å². The third-order valence-corrected chi connectivity index (χ3v) is 3.22. The minimum atomic E-state index is -3.64. The van der Waals surface area contributed by atoms with E-state index in [0.29, 0.717) is 0 Å². The molecular formula is C10H12ClFO4S. The van der Waals surface area contributed by atoms with Crippen molar-refractivity contribution in [2.75, 3.05) is 25.9 Å². The minimum Gasteiger partial charge on any atom is -0.493 e. The van der Waals surface area contributed by atoms with E-state index in [1.165, 1.54) is 7.11 Å². The highest BCUT2D eigenvalue weighted by atomic mass is 35.5. The van der Waals surface area contributed by atoms with Crippen molar-refractivity contribution in [2.45, 2.75) is 4.90 Å². The predicted molar refractivity (Wildman–Crippen MR) is 62.3 cm³/mol. The Morgan fingerprint density at radius 2 is 2.00 bits per heavy atom. The number of methoxy groups -OCH3 is 1. The molecule has 0 saturated heterocycles. The van der Waals surface area contributed by atoms with Gasteiger partial charge in [-0.1, -0.05) is 0 Å². The molecule has 0 heterocycles. The summed E-state index contributed by atoms with van der Waals surface area (Å²) in [5, 5.41) is 0. The quantitative estimate of drug-likeness (QED) is 0.774. The third-order valence-electron chi connectivity index (χ3n) is 1.95. The molecule has 1 rings (SSSR count). The maximum atomic E-state index is 13.5. The second-order valence-corrected chi connectivity index (χ2v) is 5.61. The molecule has 0 atom stereocenters. The van der Waals surface area contributed by atoms with Crippen molar-refractivity contribution in [1.29, 1.82) is 0 Å². The van der Waals surface area contributed by atoms with Crippen molar-refractivity contribution in [3.8, 4) is 11.5 Å². The molecule has 4 nitrogen and oxygen atoms in total. The number of benzene rings is 1. The van der Waals surface area contributed by atoms with Gasteiger partial charge in [0, 0.05) is 18.4 Å². The first-order valence-electron chi connectivity index (χ1n) is 4.66. The number of alkyl halides is 1. The molecule has 0 aliphatic rings. The molecule has 0 bridgehead atoms. The van der Waals surface area contributed by atoms with Gasteiger partial charge in [-0.15, -0.1) is 11.6 Å². The minimum absolute atomic E-state index is 0.123. The van der Waals surface area contributed by atoms with Crippen LogP contribution in [0.5, 0.6) is 11.5 Å². The van der Waals surface area contributed by atoms with Crippen LogP contribution in [0.25, 0.3) is 0 Å². The van der Waals surface area contributed by atoms with E-state index in [2.05, 4.69) is 0 Å². The van der Waals surface area contributed by atoms with E-state index in [4.69, 9.17) is 21.1 Å². The Kier molecular flexibility index (Phi) is 4.59. The Hall–Kier alpha value is -1.01. The van der Waals surface area contributed by atoms with Gasteiger partial charge < -0.3 is 9.47 Å². The van der Waals surface area contributed by atoms with Gasteiger partial charge >= 0.3 is 0 Å². The molecule has 0 aliphatic heterocycles. The van der Waals surface area contributed by atoms with Gasteiger partial charge in [-0.2, -0.15) is 0 Å². The number of ether oxygens (including phenoxy) is 2. The standard InChI is InChI=1S/C10H12ClFO4S/c1-15-8-6-10(17(2,13)14)7(12)5-9(8)16-4-3-11/h5-6H,3-4H2,1-2H3. The number of hydrogen-bond acceptors (Lipinski definition) is 4. The van der Waals surface area contributed by atoms with Crippen molar-refractivity contribution in [1.82, 2.24) is 0 Å².